The van der Waals surface area contributed by atoms with Crippen molar-refractivity contribution in [3.63, 3.8) is 0 Å². The number of benzene rings is 4. The molecule has 6 heterocycles. The first kappa shape index (κ1) is 44.3. The second-order valence-corrected chi connectivity index (χ2v) is 17.2. The van der Waals surface area contributed by atoms with Crippen molar-refractivity contribution in [3.8, 4) is 22.8 Å². The minimum absolute atomic E-state index is 0.250. The van der Waals surface area contributed by atoms with Gasteiger partial charge < -0.3 is 33.5 Å². The van der Waals surface area contributed by atoms with Gasteiger partial charge in [-0.1, -0.05) is 48.5 Å². The normalized spacial score (nSPS) is 20.6. The molecule has 2 atom stereocenters. The fourth-order valence-corrected chi connectivity index (χ4v) is 9.32. The van der Waals surface area contributed by atoms with Crippen LogP contribution in [0.1, 0.15) is 0 Å². The maximum Gasteiger partial charge on any atom is 0.290 e. The zero-order chi connectivity index (χ0) is 43.7. The average molecular weight is 857 g/mol. The summed E-state index contributed by atoms with van der Waals surface area (Å²) in [7, 11) is 8.64. The molecule has 4 saturated heterocycles. The van der Waals surface area contributed by atoms with E-state index in [1.54, 1.807) is 0 Å². The number of piperazine rings is 2. The Kier molecular flexibility index (Phi) is 14.7. The zero-order valence-corrected chi connectivity index (χ0v) is 37.4. The second kappa shape index (κ2) is 20.9. The molecule has 0 aliphatic carbocycles. The molecule has 2 unspecified atom stereocenters. The Morgan fingerprint density at radius 1 is 0.556 bits per heavy atom. The Morgan fingerprint density at radius 3 is 1.33 bits per heavy atom. The number of ether oxygens (including phenoxy) is 2. The van der Waals surface area contributed by atoms with Gasteiger partial charge in [-0.3, -0.25) is 24.4 Å². The van der Waals surface area contributed by atoms with Gasteiger partial charge in [0.1, 0.15) is 11.6 Å². The number of morpholine rings is 2. The third-order valence-corrected chi connectivity index (χ3v) is 13.2. The lowest BCUT2D eigenvalue weighted by molar-refractivity contribution is -0.122. The molecule has 1 N–H and O–H groups in total. The molecule has 4 fully saturated rings. The summed E-state index contributed by atoms with van der Waals surface area (Å²) in [6.07, 6.45) is 0. The number of aryl methyl sites for hydroxylation is 2. The molecule has 63 heavy (non-hydrogen) atoms. The topological polar surface area (TPSA) is 111 Å². The summed E-state index contributed by atoms with van der Waals surface area (Å²) in [5, 5.41) is 6.89. The number of carboxylic acid groups (broad SMARTS) is 1. The molecule has 14 nitrogen and oxygen atoms in total. The number of aromatic nitrogens is 4. The molecule has 0 amide bonds. The lowest BCUT2D eigenvalue weighted by Gasteiger charge is -2.40. The van der Waals surface area contributed by atoms with Crippen LogP contribution in [-0.4, -0.2) is 181 Å². The van der Waals surface area contributed by atoms with Crippen LogP contribution < -0.4 is 9.80 Å². The maximum absolute atomic E-state index is 8.36. The molecule has 0 saturated carbocycles. The first-order valence-corrected chi connectivity index (χ1v) is 22.4. The average Bonchev–Trinajstić information content (AvgIpc) is 3.85. The van der Waals surface area contributed by atoms with Crippen LogP contribution in [-0.2, 0) is 28.4 Å². The van der Waals surface area contributed by atoms with Gasteiger partial charge in [-0.05, 0) is 62.6 Å². The summed E-state index contributed by atoms with van der Waals surface area (Å²) in [4.78, 5) is 33.2. The predicted molar refractivity (Wildman–Crippen MR) is 253 cm³/mol. The Bertz CT molecular complexity index is 2240. The number of imidazole rings is 2. The smallest absolute Gasteiger partial charge is 0.290 e. The zero-order valence-electron chi connectivity index (χ0n) is 37.4. The third-order valence-electron chi connectivity index (χ3n) is 13.2. The van der Waals surface area contributed by atoms with Crippen molar-refractivity contribution in [2.75, 3.05) is 129 Å². The minimum atomic E-state index is -0.250. The monoisotopic (exact) mass is 857 g/mol. The number of likely N-dealkylation sites (N-methyl/N-ethyl adjacent to an activating group) is 2. The highest BCUT2D eigenvalue weighted by molar-refractivity contribution is 5.82. The molecular weight excluding hydrogens is 793 g/mol. The van der Waals surface area contributed by atoms with Crippen LogP contribution in [0.3, 0.4) is 0 Å². The van der Waals surface area contributed by atoms with Crippen LogP contribution in [0.4, 0.5) is 11.4 Å². The van der Waals surface area contributed by atoms with Gasteiger partial charge in [-0.25, -0.2) is 9.97 Å². The summed E-state index contributed by atoms with van der Waals surface area (Å²) < 4.78 is 15.7. The summed E-state index contributed by atoms with van der Waals surface area (Å²) in [6.45, 7) is 16.1. The fourth-order valence-electron chi connectivity index (χ4n) is 9.32. The second-order valence-electron chi connectivity index (χ2n) is 17.2. The maximum atomic E-state index is 8.36. The number of fused-ring (bicyclic) bond motifs is 2. The van der Waals surface area contributed by atoms with Crippen molar-refractivity contribution in [3.05, 3.63) is 97.1 Å². The number of hydrogen-bond acceptors (Lipinski definition) is 11. The minimum Gasteiger partial charge on any atom is -0.483 e. The Balaban J connectivity index is 0.000000163. The third kappa shape index (κ3) is 10.5. The molecule has 10 rings (SSSR count). The summed E-state index contributed by atoms with van der Waals surface area (Å²) in [5.74, 6) is 2.05. The Morgan fingerprint density at radius 2 is 0.952 bits per heavy atom. The van der Waals surface area contributed by atoms with E-state index in [0.29, 0.717) is 12.1 Å². The SMILES string of the molecule is CN1CCOCC1CN1CCN(c2cccc(-c3nc4ccccc4n3C)c2)CC1.CN1CCOCC1CN1CCN(c2cccc(-c3nc4ccccc4n3C)c2)CC1.O=CO. The quantitative estimate of drug-likeness (QED) is 0.206. The molecule has 6 aromatic rings. The molecule has 0 radical (unpaired) electrons. The van der Waals surface area contributed by atoms with E-state index in [0.717, 1.165) is 128 Å². The van der Waals surface area contributed by atoms with Crippen LogP contribution in [0.2, 0.25) is 0 Å². The molecule has 0 bridgehead atoms. The van der Waals surface area contributed by atoms with E-state index in [2.05, 4.69) is 152 Å². The first-order valence-electron chi connectivity index (χ1n) is 22.4. The van der Waals surface area contributed by atoms with E-state index >= 15 is 0 Å². The number of carbonyl (C=O) groups is 1. The van der Waals surface area contributed by atoms with Gasteiger partial charge in [-0.2, -0.15) is 0 Å². The van der Waals surface area contributed by atoms with E-state index in [-0.39, 0.29) is 6.47 Å². The molecule has 4 aliphatic rings. The molecule has 4 aliphatic heterocycles. The van der Waals surface area contributed by atoms with E-state index in [1.807, 2.05) is 12.1 Å². The van der Waals surface area contributed by atoms with Gasteiger partial charge in [0.2, 0.25) is 0 Å². The van der Waals surface area contributed by atoms with Crippen LogP contribution in [0.25, 0.3) is 44.8 Å². The summed E-state index contributed by atoms with van der Waals surface area (Å²) in [6, 6.07) is 35.4. The van der Waals surface area contributed by atoms with Crippen molar-refractivity contribution in [2.45, 2.75) is 12.1 Å². The van der Waals surface area contributed by atoms with Crippen LogP contribution in [0.5, 0.6) is 0 Å². The van der Waals surface area contributed by atoms with Gasteiger partial charge in [0.25, 0.3) is 6.47 Å². The lowest BCUT2D eigenvalue weighted by atomic mass is 10.1. The number of para-hydroxylation sites is 4. The molecule has 2 aromatic heterocycles. The van der Waals surface area contributed by atoms with Crippen molar-refractivity contribution >= 4 is 39.9 Å². The number of hydrogen-bond donors (Lipinski definition) is 1. The number of anilines is 2. The van der Waals surface area contributed by atoms with Crippen LogP contribution in [0.15, 0.2) is 97.1 Å². The fraction of sp³-hybridized carbons (Fsp3) is 0.449. The standard InChI is InChI=1S/2C24H31N5O.CH2O2/c2*1-26-14-15-30-18-21(26)17-28-10-12-29(13-11-28)20-7-5-6-19(16-20)24-25-22-8-3-4-9-23(22)27(24)2;2-1-3/h2*3-9,16,21H,10-15,17-18H2,1-2H3;1H,(H,2,3). The highest BCUT2D eigenvalue weighted by Crippen LogP contribution is 2.29. The van der Waals surface area contributed by atoms with Gasteiger partial charge in [-0.15, -0.1) is 0 Å². The van der Waals surface area contributed by atoms with Gasteiger partial charge >= 0.3 is 0 Å². The molecule has 334 valence electrons. The number of rotatable bonds is 8. The first-order chi connectivity index (χ1) is 30.8. The van der Waals surface area contributed by atoms with Gasteiger partial charge in [0, 0.05) is 127 Å². The largest absolute Gasteiger partial charge is 0.483 e. The summed E-state index contributed by atoms with van der Waals surface area (Å²) >= 11 is 0. The van der Waals surface area contributed by atoms with Crippen molar-refractivity contribution in [1.82, 2.24) is 38.7 Å². The lowest BCUT2D eigenvalue weighted by Crippen LogP contribution is -2.54. The van der Waals surface area contributed by atoms with Crippen molar-refractivity contribution < 1.29 is 19.4 Å². The molecule has 0 spiro atoms. The van der Waals surface area contributed by atoms with E-state index in [1.165, 1.54) is 33.5 Å². The summed E-state index contributed by atoms with van der Waals surface area (Å²) in [5.41, 5.74) is 9.36. The van der Waals surface area contributed by atoms with Crippen molar-refractivity contribution in [1.29, 1.82) is 0 Å². The molecule has 14 heteroatoms. The van der Waals surface area contributed by atoms with Crippen LogP contribution in [0, 0.1) is 0 Å². The van der Waals surface area contributed by atoms with Gasteiger partial charge in [0.05, 0.1) is 48.5 Å². The van der Waals surface area contributed by atoms with E-state index in [9.17, 15) is 0 Å². The molecular formula is C49H64N10O4. The Labute approximate surface area is 371 Å². The predicted octanol–water partition coefficient (Wildman–Crippen LogP) is 5.09. The Hall–Kier alpha value is -5.35. The highest BCUT2D eigenvalue weighted by Gasteiger charge is 2.27. The number of nitrogens with zero attached hydrogens (tertiary/aromatic N) is 10. The van der Waals surface area contributed by atoms with Crippen LogP contribution >= 0.6 is 0 Å². The highest BCUT2D eigenvalue weighted by atomic mass is 16.5. The van der Waals surface area contributed by atoms with E-state index < -0.39 is 0 Å². The van der Waals surface area contributed by atoms with Crippen molar-refractivity contribution in [2.24, 2.45) is 14.1 Å². The molecule has 4 aromatic carbocycles. The van der Waals surface area contributed by atoms with E-state index in [4.69, 9.17) is 29.3 Å². The van der Waals surface area contributed by atoms with Gasteiger partial charge in [0.15, 0.2) is 0 Å².